The molecule has 3 rings (SSSR count). The molecule has 1 aliphatic heterocycles. The molecule has 0 unspecified atom stereocenters. The molecule has 0 spiro atoms. The van der Waals surface area contributed by atoms with Gasteiger partial charge in [-0.3, -0.25) is 9.59 Å². The van der Waals surface area contributed by atoms with Crippen LogP contribution in [0.15, 0.2) is 48.5 Å². The number of amides is 2. The van der Waals surface area contributed by atoms with E-state index in [0.29, 0.717) is 17.2 Å². The molecule has 0 aliphatic carbocycles. The summed E-state index contributed by atoms with van der Waals surface area (Å²) in [5.74, 6) is 0.641. The smallest absolute Gasteiger partial charge is 0.262 e. The fraction of sp³-hybridized carbons (Fsp3) is 0.417. The van der Waals surface area contributed by atoms with Crippen molar-refractivity contribution in [3.63, 3.8) is 0 Å². The Kier molecular flexibility index (Phi) is 8.59. The van der Waals surface area contributed by atoms with Crippen LogP contribution in [0.5, 0.6) is 5.75 Å². The molecule has 2 aromatic rings. The van der Waals surface area contributed by atoms with Gasteiger partial charge in [0.15, 0.2) is 6.61 Å². The monoisotopic (exact) mass is 443 g/mol. The van der Waals surface area contributed by atoms with Gasteiger partial charge in [0.1, 0.15) is 5.75 Å². The molecule has 1 aliphatic rings. The van der Waals surface area contributed by atoms with Crippen molar-refractivity contribution in [3.05, 3.63) is 53.6 Å². The van der Waals surface area contributed by atoms with Gasteiger partial charge in [0.25, 0.3) is 5.91 Å². The number of carbonyl (C=O) groups is 2. The van der Waals surface area contributed by atoms with E-state index >= 15 is 0 Å². The van der Waals surface area contributed by atoms with Gasteiger partial charge < -0.3 is 19.9 Å². The van der Waals surface area contributed by atoms with Crippen molar-refractivity contribution in [3.8, 4) is 5.75 Å². The fourth-order valence-electron chi connectivity index (χ4n) is 3.53. The lowest BCUT2D eigenvalue weighted by Crippen LogP contribution is -2.48. The van der Waals surface area contributed by atoms with E-state index in [9.17, 15) is 9.59 Å². The zero-order valence-corrected chi connectivity index (χ0v) is 18.7. The molecule has 6 nitrogen and oxygen atoms in total. The van der Waals surface area contributed by atoms with Crippen molar-refractivity contribution < 1.29 is 14.3 Å². The first-order valence-corrected chi connectivity index (χ1v) is 11.2. The quantitative estimate of drug-likeness (QED) is 0.576. The predicted molar refractivity (Wildman–Crippen MR) is 125 cm³/mol. The highest BCUT2D eigenvalue weighted by atomic mass is 35.5. The number of rotatable bonds is 9. The number of carbonyl (C=O) groups excluding carboxylic acids is 2. The van der Waals surface area contributed by atoms with Gasteiger partial charge in [-0.2, -0.15) is 0 Å². The van der Waals surface area contributed by atoms with Crippen molar-refractivity contribution >= 4 is 34.8 Å². The summed E-state index contributed by atoms with van der Waals surface area (Å²) >= 11 is 5.84. The predicted octanol–water partition coefficient (Wildman–Crippen LogP) is 4.59. The Balaban J connectivity index is 1.42. The summed E-state index contributed by atoms with van der Waals surface area (Å²) in [6.45, 7) is 5.23. The number of piperazine rings is 1. The summed E-state index contributed by atoms with van der Waals surface area (Å²) in [4.78, 5) is 28.6. The third-order valence-corrected chi connectivity index (χ3v) is 5.58. The highest BCUT2D eigenvalue weighted by Gasteiger charge is 2.20. The van der Waals surface area contributed by atoms with E-state index in [0.717, 1.165) is 56.8 Å². The van der Waals surface area contributed by atoms with Crippen LogP contribution in [-0.4, -0.2) is 49.5 Å². The molecule has 2 aromatic carbocycles. The number of hydrogen-bond donors (Lipinski definition) is 1. The van der Waals surface area contributed by atoms with Gasteiger partial charge in [0, 0.05) is 49.0 Å². The van der Waals surface area contributed by atoms with Crippen molar-refractivity contribution in [1.82, 2.24) is 4.90 Å². The number of nitrogens with one attached hydrogen (secondary N) is 1. The largest absolute Gasteiger partial charge is 0.484 e. The van der Waals surface area contributed by atoms with E-state index in [1.807, 2.05) is 29.2 Å². The molecular formula is C24H30ClN3O3. The summed E-state index contributed by atoms with van der Waals surface area (Å²) in [5.41, 5.74) is 1.81. The number of anilines is 2. The molecule has 1 heterocycles. The second-order valence-electron chi connectivity index (χ2n) is 7.66. The molecule has 1 N–H and O–H groups in total. The van der Waals surface area contributed by atoms with Gasteiger partial charge in [0.05, 0.1) is 0 Å². The summed E-state index contributed by atoms with van der Waals surface area (Å²) in [5, 5.41) is 3.46. The summed E-state index contributed by atoms with van der Waals surface area (Å²) in [6, 6.07) is 14.6. The Morgan fingerprint density at radius 3 is 2.29 bits per heavy atom. The first-order valence-electron chi connectivity index (χ1n) is 10.9. The minimum Gasteiger partial charge on any atom is -0.484 e. The second-order valence-corrected chi connectivity index (χ2v) is 8.10. The topological polar surface area (TPSA) is 61.9 Å². The van der Waals surface area contributed by atoms with Crippen LogP contribution in [0, 0.1) is 0 Å². The van der Waals surface area contributed by atoms with Gasteiger partial charge in [0.2, 0.25) is 5.91 Å². The summed E-state index contributed by atoms with van der Waals surface area (Å²) in [7, 11) is 0. The maximum Gasteiger partial charge on any atom is 0.262 e. The van der Waals surface area contributed by atoms with E-state index in [4.69, 9.17) is 16.3 Å². The van der Waals surface area contributed by atoms with Crippen LogP contribution in [0.1, 0.15) is 32.6 Å². The van der Waals surface area contributed by atoms with Gasteiger partial charge >= 0.3 is 0 Å². The van der Waals surface area contributed by atoms with Crippen LogP contribution in [-0.2, 0) is 9.59 Å². The van der Waals surface area contributed by atoms with E-state index in [-0.39, 0.29) is 18.4 Å². The molecule has 7 heteroatoms. The number of ether oxygens (including phenoxy) is 1. The van der Waals surface area contributed by atoms with Crippen LogP contribution in [0.25, 0.3) is 0 Å². The number of nitrogens with zero attached hydrogens (tertiary/aromatic N) is 2. The molecule has 0 aromatic heterocycles. The Hall–Kier alpha value is -2.73. The SMILES string of the molecule is CCCCCC(=O)N1CCN(c2ccc(NC(=O)COc3ccc(Cl)cc3)cc2)CC1. The van der Waals surface area contributed by atoms with Crippen LogP contribution in [0.4, 0.5) is 11.4 Å². The molecule has 0 atom stereocenters. The molecule has 166 valence electrons. The van der Waals surface area contributed by atoms with Crippen LogP contribution < -0.4 is 15.0 Å². The average Bonchev–Trinajstić information content (AvgIpc) is 2.79. The Bertz CT molecular complexity index is 847. The van der Waals surface area contributed by atoms with Crippen molar-refractivity contribution in [1.29, 1.82) is 0 Å². The molecule has 1 fully saturated rings. The number of hydrogen-bond acceptors (Lipinski definition) is 4. The lowest BCUT2D eigenvalue weighted by atomic mass is 10.1. The maximum atomic E-state index is 12.3. The molecule has 0 radical (unpaired) electrons. The zero-order valence-electron chi connectivity index (χ0n) is 18.0. The fourth-order valence-corrected chi connectivity index (χ4v) is 3.66. The standard InChI is InChI=1S/C24H30ClN3O3/c1-2-3-4-5-24(30)28-16-14-27(15-17-28)21-10-8-20(9-11-21)26-23(29)18-31-22-12-6-19(25)7-13-22/h6-13H,2-5,14-18H2,1H3,(H,26,29). The van der Waals surface area contributed by atoms with E-state index in [1.165, 1.54) is 0 Å². The van der Waals surface area contributed by atoms with Gasteiger partial charge in [-0.05, 0) is 55.0 Å². The summed E-state index contributed by atoms with van der Waals surface area (Å²) in [6.07, 6.45) is 3.88. The average molecular weight is 444 g/mol. The van der Waals surface area contributed by atoms with Crippen molar-refractivity contribution in [2.75, 3.05) is 43.0 Å². The van der Waals surface area contributed by atoms with E-state index in [1.54, 1.807) is 24.3 Å². The number of halogens is 1. The normalized spacial score (nSPS) is 13.7. The molecule has 1 saturated heterocycles. The Morgan fingerprint density at radius 1 is 0.968 bits per heavy atom. The lowest BCUT2D eigenvalue weighted by molar-refractivity contribution is -0.131. The van der Waals surface area contributed by atoms with Crippen LogP contribution in [0.2, 0.25) is 5.02 Å². The molecular weight excluding hydrogens is 414 g/mol. The number of benzene rings is 2. The van der Waals surface area contributed by atoms with Crippen LogP contribution >= 0.6 is 11.6 Å². The van der Waals surface area contributed by atoms with Gasteiger partial charge in [-0.1, -0.05) is 31.4 Å². The minimum absolute atomic E-state index is 0.0718. The molecule has 0 saturated carbocycles. The zero-order chi connectivity index (χ0) is 22.1. The molecule has 31 heavy (non-hydrogen) atoms. The lowest BCUT2D eigenvalue weighted by Gasteiger charge is -2.36. The first kappa shape index (κ1) is 22.9. The molecule has 0 bridgehead atoms. The number of unbranched alkanes of at least 4 members (excludes halogenated alkanes) is 2. The summed E-state index contributed by atoms with van der Waals surface area (Å²) < 4.78 is 5.46. The highest BCUT2D eigenvalue weighted by Crippen LogP contribution is 2.20. The minimum atomic E-state index is -0.224. The maximum absolute atomic E-state index is 12.3. The van der Waals surface area contributed by atoms with Gasteiger partial charge in [-0.25, -0.2) is 0 Å². The third kappa shape index (κ3) is 7.17. The van der Waals surface area contributed by atoms with E-state index < -0.39 is 0 Å². The third-order valence-electron chi connectivity index (χ3n) is 5.33. The van der Waals surface area contributed by atoms with E-state index in [2.05, 4.69) is 17.1 Å². The van der Waals surface area contributed by atoms with Crippen molar-refractivity contribution in [2.45, 2.75) is 32.6 Å². The first-order chi connectivity index (χ1) is 15.0. The van der Waals surface area contributed by atoms with Crippen LogP contribution in [0.3, 0.4) is 0 Å². The molecule has 2 amide bonds. The van der Waals surface area contributed by atoms with Gasteiger partial charge in [-0.15, -0.1) is 0 Å². The Labute approximate surface area is 189 Å². The Morgan fingerprint density at radius 2 is 1.65 bits per heavy atom. The highest BCUT2D eigenvalue weighted by molar-refractivity contribution is 6.30. The van der Waals surface area contributed by atoms with Crippen molar-refractivity contribution in [2.24, 2.45) is 0 Å². The second kappa shape index (κ2) is 11.6.